The molecule has 3 nitrogen and oxygen atoms in total. The van der Waals surface area contributed by atoms with E-state index in [9.17, 15) is 4.79 Å². The number of aliphatic carboxylic acids is 1. The van der Waals surface area contributed by atoms with Crippen molar-refractivity contribution in [2.75, 3.05) is 12.7 Å². The van der Waals surface area contributed by atoms with Crippen LogP contribution in [-0.4, -0.2) is 29.8 Å². The molecule has 3 unspecified atom stereocenters. The molecule has 1 rings (SSSR count). The molecule has 1 aliphatic rings. The van der Waals surface area contributed by atoms with Crippen LogP contribution < -0.4 is 5.32 Å². The molecule has 3 atom stereocenters. The molecule has 0 aromatic rings. The van der Waals surface area contributed by atoms with Crippen molar-refractivity contribution < 1.29 is 9.90 Å². The van der Waals surface area contributed by atoms with E-state index in [0.29, 0.717) is 5.92 Å². The summed E-state index contributed by atoms with van der Waals surface area (Å²) in [6, 6.07) is -0.311. The van der Waals surface area contributed by atoms with Crippen LogP contribution in [-0.2, 0) is 4.79 Å². The van der Waals surface area contributed by atoms with Crippen molar-refractivity contribution in [3.63, 3.8) is 0 Å². The summed E-state index contributed by atoms with van der Waals surface area (Å²) in [6.07, 6.45) is 2.90. The minimum atomic E-state index is -0.715. The largest absolute Gasteiger partial charge is 0.480 e. The van der Waals surface area contributed by atoms with Gasteiger partial charge in [-0.1, -0.05) is 0 Å². The molecule has 11 heavy (non-hydrogen) atoms. The van der Waals surface area contributed by atoms with Gasteiger partial charge in [-0.3, -0.25) is 4.79 Å². The smallest absolute Gasteiger partial charge is 0.320 e. The van der Waals surface area contributed by atoms with E-state index in [0.717, 1.165) is 25.5 Å². The van der Waals surface area contributed by atoms with Gasteiger partial charge >= 0.3 is 5.97 Å². The number of carboxylic acids is 1. The highest BCUT2D eigenvalue weighted by Crippen LogP contribution is 2.18. The summed E-state index contributed by atoms with van der Waals surface area (Å²) in [5.41, 5.74) is 0. The molecule has 0 spiro atoms. The topological polar surface area (TPSA) is 49.3 Å². The van der Waals surface area contributed by atoms with E-state index in [2.05, 4.69) is 14.6 Å². The molecule has 64 valence electrons. The van der Waals surface area contributed by atoms with Crippen LogP contribution >= 0.6 is 9.24 Å². The summed E-state index contributed by atoms with van der Waals surface area (Å²) in [7, 11) is 2.67. The van der Waals surface area contributed by atoms with Crippen molar-refractivity contribution in [3.8, 4) is 0 Å². The van der Waals surface area contributed by atoms with Gasteiger partial charge in [-0.15, -0.1) is 9.24 Å². The fourth-order valence-electron chi connectivity index (χ4n) is 1.40. The van der Waals surface area contributed by atoms with E-state index in [1.54, 1.807) is 0 Å². The first kappa shape index (κ1) is 8.95. The summed E-state index contributed by atoms with van der Waals surface area (Å²) in [5, 5.41) is 11.7. The molecule has 1 heterocycles. The Morgan fingerprint density at radius 2 is 2.45 bits per heavy atom. The van der Waals surface area contributed by atoms with Gasteiger partial charge in [-0.25, -0.2) is 0 Å². The molecule has 0 aliphatic carbocycles. The lowest BCUT2D eigenvalue weighted by Crippen LogP contribution is -2.43. The first-order valence-electron chi connectivity index (χ1n) is 3.90. The van der Waals surface area contributed by atoms with Gasteiger partial charge in [0, 0.05) is 0 Å². The summed E-state index contributed by atoms with van der Waals surface area (Å²) in [4.78, 5) is 10.5. The molecule has 1 fully saturated rings. The lowest BCUT2D eigenvalue weighted by atomic mass is 9.94. The number of hydrogen-bond acceptors (Lipinski definition) is 2. The number of piperidine rings is 1. The molecule has 0 aromatic carbocycles. The van der Waals surface area contributed by atoms with Crippen LogP contribution in [0.15, 0.2) is 0 Å². The minimum absolute atomic E-state index is 0.311. The zero-order valence-corrected chi connectivity index (χ0v) is 7.57. The minimum Gasteiger partial charge on any atom is -0.480 e. The lowest BCUT2D eigenvalue weighted by molar-refractivity contribution is -0.140. The molecule has 0 amide bonds. The fraction of sp³-hybridized carbons (Fsp3) is 0.857. The summed E-state index contributed by atoms with van der Waals surface area (Å²) >= 11 is 0. The molecule has 2 N–H and O–H groups in total. The summed E-state index contributed by atoms with van der Waals surface area (Å²) in [6.45, 7) is 0.843. The number of carbonyl (C=O) groups is 1. The maximum absolute atomic E-state index is 10.5. The Kier molecular flexibility index (Phi) is 3.28. The second-order valence-corrected chi connectivity index (χ2v) is 3.44. The van der Waals surface area contributed by atoms with Crippen molar-refractivity contribution in [1.82, 2.24) is 5.32 Å². The molecule has 1 saturated heterocycles. The predicted octanol–water partition coefficient (Wildman–Crippen LogP) is 0.314. The van der Waals surface area contributed by atoms with Crippen molar-refractivity contribution >= 4 is 15.2 Å². The second kappa shape index (κ2) is 4.03. The molecule has 0 radical (unpaired) electrons. The van der Waals surface area contributed by atoms with Crippen molar-refractivity contribution in [1.29, 1.82) is 0 Å². The van der Waals surface area contributed by atoms with E-state index >= 15 is 0 Å². The first-order valence-corrected chi connectivity index (χ1v) is 4.72. The van der Waals surface area contributed by atoms with Crippen LogP contribution in [0, 0.1) is 5.92 Å². The van der Waals surface area contributed by atoms with Gasteiger partial charge in [0.05, 0.1) is 0 Å². The Bertz CT molecular complexity index is 151. The highest BCUT2D eigenvalue weighted by atomic mass is 31.0. The van der Waals surface area contributed by atoms with Gasteiger partial charge < -0.3 is 10.4 Å². The fourth-order valence-corrected chi connectivity index (χ4v) is 1.83. The highest BCUT2D eigenvalue weighted by Gasteiger charge is 2.24. The van der Waals surface area contributed by atoms with E-state index in [1.165, 1.54) is 0 Å². The summed E-state index contributed by atoms with van der Waals surface area (Å²) < 4.78 is 0. The third kappa shape index (κ3) is 2.42. The van der Waals surface area contributed by atoms with Crippen LogP contribution in [0.2, 0.25) is 0 Å². The van der Waals surface area contributed by atoms with Gasteiger partial charge in [0.2, 0.25) is 0 Å². The van der Waals surface area contributed by atoms with Gasteiger partial charge in [-0.2, -0.15) is 0 Å². The van der Waals surface area contributed by atoms with E-state index in [4.69, 9.17) is 5.11 Å². The standard InChI is InChI=1S/C7H14NO2P/c9-7(10)6-3-5(4-11)1-2-8-6/h5-6,8H,1-4,11H2,(H,9,10). The Balaban J connectivity index is 2.39. The Labute approximate surface area is 68.8 Å². The molecule has 0 saturated carbocycles. The van der Waals surface area contributed by atoms with Crippen LogP contribution in [0.4, 0.5) is 0 Å². The first-order chi connectivity index (χ1) is 5.24. The molecule has 1 aliphatic heterocycles. The zero-order chi connectivity index (χ0) is 8.27. The number of hydrogen-bond donors (Lipinski definition) is 2. The third-order valence-electron chi connectivity index (χ3n) is 2.14. The second-order valence-electron chi connectivity index (χ2n) is 2.97. The molecule has 4 heteroatoms. The van der Waals surface area contributed by atoms with Crippen molar-refractivity contribution in [2.45, 2.75) is 18.9 Å². The normalized spacial score (nSPS) is 31.7. The lowest BCUT2D eigenvalue weighted by Gasteiger charge is -2.26. The van der Waals surface area contributed by atoms with Gasteiger partial charge in [0.15, 0.2) is 0 Å². The molecular formula is C7H14NO2P. The Hall–Kier alpha value is -0.140. The van der Waals surface area contributed by atoms with Crippen LogP contribution in [0.25, 0.3) is 0 Å². The molecular weight excluding hydrogens is 161 g/mol. The Morgan fingerprint density at radius 3 is 3.00 bits per heavy atom. The third-order valence-corrected chi connectivity index (χ3v) is 2.81. The van der Waals surface area contributed by atoms with Crippen LogP contribution in [0.1, 0.15) is 12.8 Å². The Morgan fingerprint density at radius 1 is 1.73 bits per heavy atom. The highest BCUT2D eigenvalue weighted by molar-refractivity contribution is 7.16. The van der Waals surface area contributed by atoms with E-state index in [-0.39, 0.29) is 6.04 Å². The number of carboxylic acid groups (broad SMARTS) is 1. The number of nitrogens with one attached hydrogen (secondary N) is 1. The number of rotatable bonds is 2. The van der Waals surface area contributed by atoms with Crippen LogP contribution in [0.5, 0.6) is 0 Å². The average molecular weight is 175 g/mol. The van der Waals surface area contributed by atoms with Crippen molar-refractivity contribution in [3.05, 3.63) is 0 Å². The van der Waals surface area contributed by atoms with Gasteiger partial charge in [-0.05, 0) is 31.5 Å². The van der Waals surface area contributed by atoms with E-state index in [1.807, 2.05) is 0 Å². The maximum Gasteiger partial charge on any atom is 0.320 e. The molecule has 0 bridgehead atoms. The SMILES string of the molecule is O=C(O)C1CC(CP)CCN1. The maximum atomic E-state index is 10.5. The average Bonchev–Trinajstić information content (AvgIpc) is 2.05. The quantitative estimate of drug-likeness (QED) is 0.594. The van der Waals surface area contributed by atoms with Gasteiger partial charge in [0.25, 0.3) is 0 Å². The van der Waals surface area contributed by atoms with E-state index < -0.39 is 5.97 Å². The zero-order valence-electron chi connectivity index (χ0n) is 6.42. The monoisotopic (exact) mass is 175 g/mol. The van der Waals surface area contributed by atoms with Crippen molar-refractivity contribution in [2.24, 2.45) is 5.92 Å². The molecule has 0 aromatic heterocycles. The van der Waals surface area contributed by atoms with Gasteiger partial charge in [0.1, 0.15) is 6.04 Å². The van der Waals surface area contributed by atoms with Crippen LogP contribution in [0.3, 0.4) is 0 Å². The summed E-state index contributed by atoms with van der Waals surface area (Å²) in [5.74, 6) is -0.143. The predicted molar refractivity (Wildman–Crippen MR) is 46.7 cm³/mol.